The number of alkyl halides is 1. The summed E-state index contributed by atoms with van der Waals surface area (Å²) in [7, 11) is 0. The number of carboxylic acids is 1. The molecule has 1 aromatic rings. The molecule has 0 spiro atoms. The largest absolute Gasteiger partial charge is 0.476 e. The van der Waals surface area contributed by atoms with Crippen LogP contribution in [-0.4, -0.2) is 45.5 Å². The second kappa shape index (κ2) is 7.13. The molecular formula is C11H15FN2O4S. The first-order valence-electron chi connectivity index (χ1n) is 5.68. The van der Waals surface area contributed by atoms with Gasteiger partial charge in [-0.05, 0) is 6.42 Å². The van der Waals surface area contributed by atoms with Crippen molar-refractivity contribution in [3.63, 3.8) is 0 Å². The molecule has 106 valence electrons. The van der Waals surface area contributed by atoms with Crippen molar-refractivity contribution in [2.45, 2.75) is 31.8 Å². The van der Waals surface area contributed by atoms with Gasteiger partial charge in [-0.25, -0.2) is 9.18 Å². The van der Waals surface area contributed by atoms with E-state index in [9.17, 15) is 14.0 Å². The van der Waals surface area contributed by atoms with Crippen LogP contribution in [0.3, 0.4) is 0 Å². The molecule has 0 fully saturated rings. The Morgan fingerprint density at radius 1 is 1.63 bits per heavy atom. The lowest BCUT2D eigenvalue weighted by Crippen LogP contribution is -2.37. The van der Waals surface area contributed by atoms with Gasteiger partial charge in [-0.3, -0.25) is 4.79 Å². The van der Waals surface area contributed by atoms with E-state index >= 15 is 0 Å². The summed E-state index contributed by atoms with van der Waals surface area (Å²) in [5.41, 5.74) is -0.178. The summed E-state index contributed by atoms with van der Waals surface area (Å²) < 4.78 is 18.4. The molecule has 1 N–H and O–H groups in total. The van der Waals surface area contributed by atoms with Gasteiger partial charge in [0.2, 0.25) is 5.91 Å². The highest BCUT2D eigenvalue weighted by molar-refractivity contribution is 7.99. The number of amides is 1. The van der Waals surface area contributed by atoms with E-state index in [0.29, 0.717) is 5.75 Å². The minimum atomic E-state index is -1.31. The molecule has 1 heterocycles. The fourth-order valence-electron chi connectivity index (χ4n) is 1.37. The molecule has 0 radical (unpaired) electrons. The number of nitrogens with zero attached hydrogens (tertiary/aromatic N) is 2. The zero-order valence-electron chi connectivity index (χ0n) is 10.6. The van der Waals surface area contributed by atoms with Gasteiger partial charge in [-0.1, -0.05) is 18.7 Å². The number of hydrogen-bond donors (Lipinski definition) is 1. The molecule has 1 amide bonds. The van der Waals surface area contributed by atoms with E-state index in [1.165, 1.54) is 6.92 Å². The van der Waals surface area contributed by atoms with E-state index in [0.717, 1.165) is 22.9 Å². The normalized spacial score (nSPS) is 12.2. The lowest BCUT2D eigenvalue weighted by molar-refractivity contribution is -0.134. The summed E-state index contributed by atoms with van der Waals surface area (Å²) in [5.74, 6) is -1.14. The van der Waals surface area contributed by atoms with Crippen molar-refractivity contribution < 1.29 is 23.5 Å². The molecule has 0 aromatic carbocycles. The summed E-state index contributed by atoms with van der Waals surface area (Å²) in [4.78, 5) is 26.7. The molecule has 0 saturated heterocycles. The Bertz CT molecular complexity index is 452. The van der Waals surface area contributed by atoms with Crippen LogP contribution < -0.4 is 0 Å². The molecule has 0 bridgehead atoms. The predicted molar refractivity (Wildman–Crippen MR) is 66.8 cm³/mol. The maximum absolute atomic E-state index is 13.5. The van der Waals surface area contributed by atoms with Crippen LogP contribution >= 0.6 is 11.8 Å². The van der Waals surface area contributed by atoms with Crippen LogP contribution in [0.25, 0.3) is 0 Å². The van der Waals surface area contributed by atoms with Crippen LogP contribution in [0.2, 0.25) is 0 Å². The Labute approximate surface area is 114 Å². The highest BCUT2D eigenvalue weighted by Crippen LogP contribution is 2.18. The molecule has 0 aliphatic heterocycles. The summed E-state index contributed by atoms with van der Waals surface area (Å²) in [6.45, 7) is 3.17. The van der Waals surface area contributed by atoms with Gasteiger partial charge in [0, 0.05) is 19.2 Å². The van der Waals surface area contributed by atoms with Crippen molar-refractivity contribution in [3.05, 3.63) is 12.0 Å². The number of carboxylic acid groups (broad SMARTS) is 1. The number of aromatic carboxylic acids is 1. The van der Waals surface area contributed by atoms with Crippen molar-refractivity contribution in [1.29, 1.82) is 0 Å². The van der Waals surface area contributed by atoms with E-state index in [-0.39, 0.29) is 29.8 Å². The molecule has 1 atom stereocenters. The number of rotatable bonds is 7. The van der Waals surface area contributed by atoms with E-state index in [1.54, 1.807) is 6.92 Å². The average molecular weight is 290 g/mol. The van der Waals surface area contributed by atoms with Crippen LogP contribution in [0.1, 0.15) is 30.8 Å². The topological polar surface area (TPSA) is 83.6 Å². The van der Waals surface area contributed by atoms with Crippen LogP contribution in [0.15, 0.2) is 15.9 Å². The Morgan fingerprint density at radius 3 is 2.79 bits per heavy atom. The Morgan fingerprint density at radius 2 is 2.32 bits per heavy atom. The maximum Gasteiger partial charge on any atom is 0.357 e. The minimum absolute atomic E-state index is 0.178. The van der Waals surface area contributed by atoms with Gasteiger partial charge >= 0.3 is 5.97 Å². The SMILES string of the molecule is CCC(F)N(CCSc1nc(C(=O)O)co1)C(C)=O. The Balaban J connectivity index is 2.47. The molecular weight excluding hydrogens is 275 g/mol. The van der Waals surface area contributed by atoms with E-state index < -0.39 is 12.3 Å². The molecule has 1 aromatic heterocycles. The molecule has 0 aliphatic carbocycles. The summed E-state index contributed by atoms with van der Waals surface area (Å²) in [5, 5.41) is 8.84. The van der Waals surface area contributed by atoms with Crippen molar-refractivity contribution >= 4 is 23.6 Å². The van der Waals surface area contributed by atoms with Crippen molar-refractivity contribution in [2.75, 3.05) is 12.3 Å². The van der Waals surface area contributed by atoms with Gasteiger partial charge in [0.25, 0.3) is 5.22 Å². The first-order chi connectivity index (χ1) is 8.95. The monoisotopic (exact) mass is 290 g/mol. The quantitative estimate of drug-likeness (QED) is 0.611. The highest BCUT2D eigenvalue weighted by atomic mass is 32.2. The van der Waals surface area contributed by atoms with Gasteiger partial charge in [0.15, 0.2) is 12.0 Å². The Hall–Kier alpha value is -1.57. The van der Waals surface area contributed by atoms with Crippen LogP contribution in [-0.2, 0) is 4.79 Å². The van der Waals surface area contributed by atoms with E-state index in [4.69, 9.17) is 9.52 Å². The van der Waals surface area contributed by atoms with Crippen LogP contribution in [0.5, 0.6) is 0 Å². The van der Waals surface area contributed by atoms with Gasteiger partial charge in [0.1, 0.15) is 6.26 Å². The second-order valence-electron chi connectivity index (χ2n) is 3.71. The molecule has 6 nitrogen and oxygen atoms in total. The second-order valence-corrected chi connectivity index (χ2v) is 4.75. The zero-order valence-corrected chi connectivity index (χ0v) is 11.4. The smallest absolute Gasteiger partial charge is 0.357 e. The van der Waals surface area contributed by atoms with Crippen LogP contribution in [0, 0.1) is 0 Å². The Kier molecular flexibility index (Phi) is 5.81. The van der Waals surface area contributed by atoms with Crippen molar-refractivity contribution in [2.24, 2.45) is 0 Å². The van der Waals surface area contributed by atoms with Crippen molar-refractivity contribution in [3.8, 4) is 0 Å². The number of thioether (sulfide) groups is 1. The number of aromatic nitrogens is 1. The van der Waals surface area contributed by atoms with E-state index in [2.05, 4.69) is 4.98 Å². The summed E-state index contributed by atoms with van der Waals surface area (Å²) >= 11 is 1.13. The summed E-state index contributed by atoms with van der Waals surface area (Å²) in [6.07, 6.45) is -0.0404. The van der Waals surface area contributed by atoms with Gasteiger partial charge in [-0.15, -0.1) is 0 Å². The van der Waals surface area contributed by atoms with Gasteiger partial charge in [0.05, 0.1) is 0 Å². The number of halogens is 1. The number of carbonyl (C=O) groups excluding carboxylic acids is 1. The fraction of sp³-hybridized carbons (Fsp3) is 0.545. The number of hydrogen-bond acceptors (Lipinski definition) is 5. The fourth-order valence-corrected chi connectivity index (χ4v) is 2.11. The molecule has 0 aliphatic rings. The summed E-state index contributed by atoms with van der Waals surface area (Å²) in [6, 6.07) is 0. The maximum atomic E-state index is 13.5. The molecule has 0 saturated carbocycles. The lowest BCUT2D eigenvalue weighted by atomic mass is 10.4. The number of oxazole rings is 1. The van der Waals surface area contributed by atoms with Gasteiger partial charge < -0.3 is 14.4 Å². The average Bonchev–Trinajstić information content (AvgIpc) is 2.82. The van der Waals surface area contributed by atoms with Crippen LogP contribution in [0.4, 0.5) is 4.39 Å². The molecule has 19 heavy (non-hydrogen) atoms. The van der Waals surface area contributed by atoms with Crippen molar-refractivity contribution in [1.82, 2.24) is 9.88 Å². The van der Waals surface area contributed by atoms with E-state index in [1.807, 2.05) is 0 Å². The molecule has 1 rings (SSSR count). The third-order valence-electron chi connectivity index (χ3n) is 2.34. The first kappa shape index (κ1) is 15.5. The standard InChI is InChI=1S/C11H15FN2O4S/c1-3-9(12)14(7(2)15)4-5-19-11-13-8(6-18-11)10(16)17/h6,9H,3-5H2,1-2H3,(H,16,17). The third kappa shape index (κ3) is 4.55. The first-order valence-corrected chi connectivity index (χ1v) is 6.67. The zero-order chi connectivity index (χ0) is 14.4. The highest BCUT2D eigenvalue weighted by Gasteiger charge is 2.18. The third-order valence-corrected chi connectivity index (χ3v) is 3.16. The molecule has 1 unspecified atom stereocenters. The number of carbonyl (C=O) groups is 2. The lowest BCUT2D eigenvalue weighted by Gasteiger charge is -2.23. The molecule has 8 heteroatoms. The predicted octanol–water partition coefficient (Wildman–Crippen LogP) is 2.02. The minimum Gasteiger partial charge on any atom is -0.476 e. The van der Waals surface area contributed by atoms with Gasteiger partial charge in [-0.2, -0.15) is 4.98 Å².